The van der Waals surface area contributed by atoms with E-state index < -0.39 is 0 Å². The number of ether oxygens (including phenoxy) is 1. The van der Waals surface area contributed by atoms with Gasteiger partial charge in [-0.1, -0.05) is 24.6 Å². The fourth-order valence-electron chi connectivity index (χ4n) is 1.78. The predicted molar refractivity (Wildman–Crippen MR) is 83.6 cm³/mol. The molecule has 0 fully saturated rings. The van der Waals surface area contributed by atoms with E-state index in [0.717, 1.165) is 28.8 Å². The van der Waals surface area contributed by atoms with Crippen LogP contribution in [0.3, 0.4) is 0 Å². The van der Waals surface area contributed by atoms with Crippen LogP contribution in [0.25, 0.3) is 0 Å². The molecule has 4 heteroatoms. The quantitative estimate of drug-likeness (QED) is 0.774. The van der Waals surface area contributed by atoms with E-state index in [1.165, 1.54) is 5.56 Å². The van der Waals surface area contributed by atoms with Gasteiger partial charge in [0.05, 0.1) is 10.9 Å². The van der Waals surface area contributed by atoms with Crippen molar-refractivity contribution in [3.05, 3.63) is 45.6 Å². The summed E-state index contributed by atoms with van der Waals surface area (Å²) in [6.07, 6.45) is 1.02. The van der Waals surface area contributed by atoms with Gasteiger partial charge >= 0.3 is 0 Å². The number of anilines is 1. The fourth-order valence-corrected chi connectivity index (χ4v) is 2.76. The minimum atomic E-state index is 0.227. The van der Waals surface area contributed by atoms with Gasteiger partial charge in [-0.2, -0.15) is 0 Å². The summed E-state index contributed by atoms with van der Waals surface area (Å²) < 4.78 is 6.45. The minimum absolute atomic E-state index is 0.227. The van der Waals surface area contributed by atoms with Crippen LogP contribution >= 0.6 is 22.9 Å². The van der Waals surface area contributed by atoms with Gasteiger partial charge in [-0.3, -0.25) is 0 Å². The molecule has 1 heterocycles. The summed E-state index contributed by atoms with van der Waals surface area (Å²) in [6.45, 7) is 4.97. The summed E-state index contributed by atoms with van der Waals surface area (Å²) in [5, 5.41) is 5.54. The van der Waals surface area contributed by atoms with Gasteiger partial charge in [-0.15, -0.1) is 11.3 Å². The number of benzene rings is 1. The maximum Gasteiger partial charge on any atom is 0.121 e. The highest BCUT2D eigenvalue weighted by Crippen LogP contribution is 2.28. The molecule has 0 spiro atoms. The van der Waals surface area contributed by atoms with E-state index in [1.54, 1.807) is 11.3 Å². The second kappa shape index (κ2) is 6.83. The van der Waals surface area contributed by atoms with Crippen molar-refractivity contribution in [3.8, 4) is 5.75 Å². The number of rotatable bonds is 6. The largest absolute Gasteiger partial charge is 0.494 e. The molecule has 2 nitrogen and oxygen atoms in total. The van der Waals surface area contributed by atoms with Crippen molar-refractivity contribution in [2.24, 2.45) is 0 Å². The van der Waals surface area contributed by atoms with Crippen LogP contribution in [0.4, 0.5) is 5.69 Å². The third-order valence-electron chi connectivity index (χ3n) is 2.78. The van der Waals surface area contributed by atoms with Crippen LogP contribution in [0.1, 0.15) is 31.9 Å². The zero-order valence-electron chi connectivity index (χ0n) is 11.2. The van der Waals surface area contributed by atoms with Crippen LogP contribution in [0, 0.1) is 0 Å². The Morgan fingerprint density at radius 2 is 2.21 bits per heavy atom. The van der Waals surface area contributed by atoms with E-state index in [9.17, 15) is 0 Å². The van der Waals surface area contributed by atoms with E-state index in [2.05, 4.69) is 24.5 Å². The highest BCUT2D eigenvalue weighted by atomic mass is 35.5. The van der Waals surface area contributed by atoms with Gasteiger partial charge in [0.25, 0.3) is 0 Å². The lowest BCUT2D eigenvalue weighted by molar-refractivity contribution is 0.317. The summed E-state index contributed by atoms with van der Waals surface area (Å²) in [5.41, 5.74) is 2.26. The van der Waals surface area contributed by atoms with Crippen molar-refractivity contribution in [1.82, 2.24) is 0 Å². The summed E-state index contributed by atoms with van der Waals surface area (Å²) >= 11 is 7.52. The zero-order valence-corrected chi connectivity index (χ0v) is 12.7. The molecule has 1 aromatic heterocycles. The smallest absolute Gasteiger partial charge is 0.121 e. The van der Waals surface area contributed by atoms with Gasteiger partial charge in [-0.25, -0.2) is 0 Å². The standard InChI is InChI=1S/C15H18ClNOS/c1-3-7-18-14-6-4-5-13(9-14)17-11(2)12-8-15(16)19-10-12/h4-6,8-11,17H,3,7H2,1-2H3. The van der Waals surface area contributed by atoms with Crippen LogP contribution in [-0.2, 0) is 0 Å². The molecule has 1 unspecified atom stereocenters. The monoisotopic (exact) mass is 295 g/mol. The Kier molecular flexibility index (Phi) is 5.11. The van der Waals surface area contributed by atoms with Crippen molar-refractivity contribution < 1.29 is 4.74 Å². The topological polar surface area (TPSA) is 21.3 Å². The lowest BCUT2D eigenvalue weighted by Gasteiger charge is -2.15. The molecule has 0 aliphatic rings. The van der Waals surface area contributed by atoms with E-state index in [4.69, 9.17) is 16.3 Å². The van der Waals surface area contributed by atoms with Crippen molar-refractivity contribution in [3.63, 3.8) is 0 Å². The summed E-state index contributed by atoms with van der Waals surface area (Å²) in [6, 6.07) is 10.3. The number of nitrogens with one attached hydrogen (secondary N) is 1. The van der Waals surface area contributed by atoms with E-state index in [-0.39, 0.29) is 6.04 Å². The maximum absolute atomic E-state index is 5.96. The molecule has 0 saturated carbocycles. The lowest BCUT2D eigenvalue weighted by Crippen LogP contribution is -2.05. The molecular weight excluding hydrogens is 278 g/mol. The average molecular weight is 296 g/mol. The second-order valence-corrected chi connectivity index (χ2v) is 5.97. The lowest BCUT2D eigenvalue weighted by atomic mass is 10.1. The fraction of sp³-hybridized carbons (Fsp3) is 0.333. The number of halogens is 1. The summed E-state index contributed by atoms with van der Waals surface area (Å²) in [7, 11) is 0. The van der Waals surface area contributed by atoms with Gasteiger partial charge in [0.15, 0.2) is 0 Å². The van der Waals surface area contributed by atoms with Gasteiger partial charge in [0, 0.05) is 17.8 Å². The molecule has 0 radical (unpaired) electrons. The molecule has 0 amide bonds. The molecule has 0 aliphatic heterocycles. The van der Waals surface area contributed by atoms with Crippen LogP contribution in [-0.4, -0.2) is 6.61 Å². The summed E-state index contributed by atoms with van der Waals surface area (Å²) in [4.78, 5) is 0. The molecule has 1 aromatic carbocycles. The number of hydrogen-bond acceptors (Lipinski definition) is 3. The van der Waals surface area contributed by atoms with Crippen LogP contribution in [0.15, 0.2) is 35.7 Å². The molecule has 0 saturated heterocycles. The number of thiophene rings is 1. The van der Waals surface area contributed by atoms with E-state index in [1.807, 2.05) is 30.3 Å². The van der Waals surface area contributed by atoms with E-state index in [0.29, 0.717) is 0 Å². The van der Waals surface area contributed by atoms with Crippen molar-refractivity contribution in [1.29, 1.82) is 0 Å². The molecule has 0 bridgehead atoms. The SMILES string of the molecule is CCCOc1cccc(NC(C)c2csc(Cl)c2)c1. The Labute approximate surface area is 123 Å². The molecule has 2 aromatic rings. The molecule has 1 atom stereocenters. The Balaban J connectivity index is 2.02. The Morgan fingerprint density at radius 1 is 1.37 bits per heavy atom. The first kappa shape index (κ1) is 14.2. The molecule has 2 rings (SSSR count). The predicted octanol–water partition coefficient (Wildman–Crippen LogP) is 5.36. The van der Waals surface area contributed by atoms with Crippen LogP contribution in [0.5, 0.6) is 5.75 Å². The van der Waals surface area contributed by atoms with Gasteiger partial charge in [-0.05, 0) is 42.5 Å². The highest BCUT2D eigenvalue weighted by molar-refractivity contribution is 7.14. The third-order valence-corrected chi connectivity index (χ3v) is 3.89. The van der Waals surface area contributed by atoms with Gasteiger partial charge in [0.1, 0.15) is 5.75 Å². The molecule has 19 heavy (non-hydrogen) atoms. The first-order chi connectivity index (χ1) is 9.19. The first-order valence-electron chi connectivity index (χ1n) is 6.42. The maximum atomic E-state index is 5.96. The molecule has 1 N–H and O–H groups in total. The van der Waals surface area contributed by atoms with Gasteiger partial charge in [0.2, 0.25) is 0 Å². The molecule has 0 aliphatic carbocycles. The van der Waals surface area contributed by atoms with Gasteiger partial charge < -0.3 is 10.1 Å². The Morgan fingerprint density at radius 3 is 2.89 bits per heavy atom. The van der Waals surface area contributed by atoms with Crippen LogP contribution < -0.4 is 10.1 Å². The minimum Gasteiger partial charge on any atom is -0.494 e. The first-order valence-corrected chi connectivity index (χ1v) is 7.68. The normalized spacial score (nSPS) is 12.2. The average Bonchev–Trinajstić information content (AvgIpc) is 2.83. The Hall–Kier alpha value is -1.19. The van der Waals surface area contributed by atoms with Crippen LogP contribution in [0.2, 0.25) is 4.34 Å². The summed E-state index contributed by atoms with van der Waals surface area (Å²) in [5.74, 6) is 0.905. The Bertz CT molecular complexity index is 526. The van der Waals surface area contributed by atoms with Crippen molar-refractivity contribution in [2.45, 2.75) is 26.3 Å². The second-order valence-electron chi connectivity index (χ2n) is 4.43. The zero-order chi connectivity index (χ0) is 13.7. The third kappa shape index (κ3) is 4.15. The van der Waals surface area contributed by atoms with E-state index >= 15 is 0 Å². The van der Waals surface area contributed by atoms with Crippen molar-refractivity contribution >= 4 is 28.6 Å². The van der Waals surface area contributed by atoms with Crippen molar-refractivity contribution in [2.75, 3.05) is 11.9 Å². The molecule has 102 valence electrons. The number of hydrogen-bond donors (Lipinski definition) is 1. The molecular formula is C15H18ClNOS. The highest BCUT2D eigenvalue weighted by Gasteiger charge is 2.08.